The first-order chi connectivity index (χ1) is 11.5. The fourth-order valence-electron chi connectivity index (χ4n) is 3.11. The molecule has 1 aliphatic carbocycles. The van der Waals surface area contributed by atoms with Gasteiger partial charge in [0.1, 0.15) is 11.2 Å². The van der Waals surface area contributed by atoms with Gasteiger partial charge >= 0.3 is 0 Å². The monoisotopic (exact) mass is 331 g/mol. The van der Waals surface area contributed by atoms with Gasteiger partial charge in [-0.3, -0.25) is 9.59 Å². The molecule has 5 nitrogen and oxygen atoms in total. The van der Waals surface area contributed by atoms with Gasteiger partial charge in [0, 0.05) is 6.54 Å². The maximum Gasteiger partial charge on any atom is 0.240 e. The summed E-state index contributed by atoms with van der Waals surface area (Å²) in [6.07, 6.45) is 4.16. The van der Waals surface area contributed by atoms with Crippen LogP contribution in [0.25, 0.3) is 0 Å². The molecule has 0 heterocycles. The summed E-state index contributed by atoms with van der Waals surface area (Å²) in [5.74, 6) is -1.81. The van der Waals surface area contributed by atoms with Crippen molar-refractivity contribution in [1.29, 1.82) is 5.26 Å². The van der Waals surface area contributed by atoms with Crippen LogP contribution in [0.1, 0.15) is 37.7 Å². The van der Waals surface area contributed by atoms with Gasteiger partial charge in [-0.25, -0.2) is 4.39 Å². The second-order valence-corrected chi connectivity index (χ2v) is 6.39. The van der Waals surface area contributed by atoms with Gasteiger partial charge in [0.15, 0.2) is 0 Å². The van der Waals surface area contributed by atoms with Crippen LogP contribution < -0.4 is 11.1 Å². The van der Waals surface area contributed by atoms with E-state index in [0.717, 1.165) is 24.8 Å². The molecular weight excluding hydrogens is 309 g/mol. The molecular formula is C18H22FN3O2. The quantitative estimate of drug-likeness (QED) is 0.835. The van der Waals surface area contributed by atoms with Crippen molar-refractivity contribution in [1.82, 2.24) is 5.32 Å². The molecule has 1 fully saturated rings. The molecule has 1 atom stereocenters. The number of primary amides is 1. The largest absolute Gasteiger partial charge is 0.369 e. The normalized spacial score (nSPS) is 17.5. The lowest BCUT2D eigenvalue weighted by Gasteiger charge is -2.29. The number of halogens is 1. The molecule has 0 aliphatic heterocycles. The summed E-state index contributed by atoms with van der Waals surface area (Å²) < 4.78 is 12.9. The topological polar surface area (TPSA) is 96.0 Å². The lowest BCUT2D eigenvalue weighted by atomic mass is 9.74. The zero-order chi connectivity index (χ0) is 17.6. The number of amides is 2. The average molecular weight is 331 g/mol. The Balaban J connectivity index is 1.98. The maximum absolute atomic E-state index is 12.9. The van der Waals surface area contributed by atoms with E-state index in [2.05, 4.69) is 11.4 Å². The van der Waals surface area contributed by atoms with Gasteiger partial charge in [-0.2, -0.15) is 5.26 Å². The number of hydrogen-bond donors (Lipinski definition) is 2. The number of carbonyl (C=O) groups is 2. The number of hydrogen-bond acceptors (Lipinski definition) is 3. The van der Waals surface area contributed by atoms with Gasteiger partial charge in [-0.1, -0.05) is 31.4 Å². The van der Waals surface area contributed by atoms with Gasteiger partial charge in [-0.15, -0.1) is 0 Å². The second-order valence-electron chi connectivity index (χ2n) is 6.39. The first-order valence-corrected chi connectivity index (χ1v) is 8.20. The molecule has 6 heteroatoms. The third kappa shape index (κ3) is 4.31. The van der Waals surface area contributed by atoms with Crippen molar-refractivity contribution in [2.45, 2.75) is 38.5 Å². The predicted octanol–water partition coefficient (Wildman–Crippen LogP) is 2.06. The number of rotatable bonds is 6. The highest BCUT2D eigenvalue weighted by atomic mass is 19.1. The van der Waals surface area contributed by atoms with Gasteiger partial charge in [0.05, 0.1) is 12.0 Å². The molecule has 1 aliphatic rings. The van der Waals surface area contributed by atoms with E-state index in [1.807, 2.05) is 0 Å². The van der Waals surface area contributed by atoms with Crippen molar-refractivity contribution in [3.05, 3.63) is 35.6 Å². The highest BCUT2D eigenvalue weighted by molar-refractivity contribution is 5.86. The molecule has 1 aromatic rings. The summed E-state index contributed by atoms with van der Waals surface area (Å²) in [7, 11) is 0. The smallest absolute Gasteiger partial charge is 0.240 e. The van der Waals surface area contributed by atoms with Crippen LogP contribution in [0.2, 0.25) is 0 Å². The second kappa shape index (κ2) is 7.91. The standard InChI is InChI=1S/C18H22FN3O2/c19-15-6-4-13(5-7-15)10-14(16(21)23)11-22-17(24)18(12-20)8-2-1-3-9-18/h4-7,14H,1-3,8-11H2,(H2,21,23)(H,22,24)/t14-/m1/s1. The SMILES string of the molecule is N#CC1(C(=O)NC[C@@H](Cc2ccc(F)cc2)C(N)=O)CCCCC1. The molecule has 0 unspecified atom stereocenters. The Hall–Kier alpha value is -2.42. The molecule has 0 saturated heterocycles. The zero-order valence-electron chi connectivity index (χ0n) is 13.6. The minimum atomic E-state index is -0.990. The van der Waals surface area contributed by atoms with E-state index in [1.54, 1.807) is 12.1 Å². The minimum absolute atomic E-state index is 0.0783. The lowest BCUT2D eigenvalue weighted by Crippen LogP contribution is -2.45. The van der Waals surface area contributed by atoms with E-state index < -0.39 is 17.2 Å². The summed E-state index contributed by atoms with van der Waals surface area (Å²) in [6, 6.07) is 7.97. The molecule has 0 bridgehead atoms. The summed E-state index contributed by atoms with van der Waals surface area (Å²) in [4.78, 5) is 24.1. The summed E-state index contributed by atoms with van der Waals surface area (Å²) in [5.41, 5.74) is 5.19. The number of nitrogens with two attached hydrogens (primary N) is 1. The van der Waals surface area contributed by atoms with E-state index in [1.165, 1.54) is 12.1 Å². The maximum atomic E-state index is 12.9. The van der Waals surface area contributed by atoms with Crippen molar-refractivity contribution in [2.75, 3.05) is 6.54 Å². The van der Waals surface area contributed by atoms with Gasteiger partial charge in [-0.05, 0) is 37.0 Å². The van der Waals surface area contributed by atoms with Gasteiger partial charge in [0.2, 0.25) is 11.8 Å². The van der Waals surface area contributed by atoms with Crippen LogP contribution in [0.3, 0.4) is 0 Å². The highest BCUT2D eigenvalue weighted by Crippen LogP contribution is 2.35. The number of nitrogens with zero attached hydrogens (tertiary/aromatic N) is 1. The Morgan fingerprint density at radius 2 is 1.88 bits per heavy atom. The Morgan fingerprint density at radius 3 is 2.42 bits per heavy atom. The minimum Gasteiger partial charge on any atom is -0.369 e. The highest BCUT2D eigenvalue weighted by Gasteiger charge is 2.39. The average Bonchev–Trinajstić information content (AvgIpc) is 2.60. The number of nitrogens with one attached hydrogen (secondary N) is 1. The van der Waals surface area contributed by atoms with Crippen LogP contribution in [-0.2, 0) is 16.0 Å². The Bertz CT molecular complexity index is 631. The van der Waals surface area contributed by atoms with Crippen molar-refractivity contribution < 1.29 is 14.0 Å². The predicted molar refractivity (Wildman–Crippen MR) is 86.9 cm³/mol. The summed E-state index contributed by atoms with van der Waals surface area (Å²) >= 11 is 0. The molecule has 0 radical (unpaired) electrons. The van der Waals surface area contributed by atoms with Gasteiger partial charge < -0.3 is 11.1 Å². The lowest BCUT2D eigenvalue weighted by molar-refractivity contribution is -0.130. The summed E-state index contributed by atoms with van der Waals surface area (Å²) in [5, 5.41) is 12.1. The molecule has 3 N–H and O–H groups in total. The Labute approximate surface area is 141 Å². The van der Waals surface area contributed by atoms with Gasteiger partial charge in [0.25, 0.3) is 0 Å². The fourth-order valence-corrected chi connectivity index (χ4v) is 3.11. The van der Waals surface area contributed by atoms with E-state index >= 15 is 0 Å². The zero-order valence-corrected chi connectivity index (χ0v) is 13.6. The number of benzene rings is 1. The van der Waals surface area contributed by atoms with Crippen LogP contribution in [0, 0.1) is 28.5 Å². The molecule has 1 saturated carbocycles. The molecule has 128 valence electrons. The molecule has 2 amide bonds. The Kier molecular flexibility index (Phi) is 5.91. The van der Waals surface area contributed by atoms with Crippen LogP contribution in [-0.4, -0.2) is 18.4 Å². The van der Waals surface area contributed by atoms with Crippen molar-refractivity contribution in [3.63, 3.8) is 0 Å². The van der Waals surface area contributed by atoms with Crippen molar-refractivity contribution in [2.24, 2.45) is 17.1 Å². The molecule has 24 heavy (non-hydrogen) atoms. The van der Waals surface area contributed by atoms with E-state index in [0.29, 0.717) is 19.3 Å². The van der Waals surface area contributed by atoms with Crippen LogP contribution in [0.5, 0.6) is 0 Å². The van der Waals surface area contributed by atoms with Crippen LogP contribution >= 0.6 is 0 Å². The summed E-state index contributed by atoms with van der Waals surface area (Å²) in [6.45, 7) is 0.0783. The molecule has 1 aromatic carbocycles. The van der Waals surface area contributed by atoms with E-state index in [-0.39, 0.29) is 18.3 Å². The van der Waals surface area contributed by atoms with E-state index in [9.17, 15) is 19.2 Å². The molecule has 0 aromatic heterocycles. The number of carbonyl (C=O) groups excluding carboxylic acids is 2. The fraction of sp³-hybridized carbons (Fsp3) is 0.500. The third-order valence-electron chi connectivity index (χ3n) is 4.66. The third-order valence-corrected chi connectivity index (χ3v) is 4.66. The Morgan fingerprint density at radius 1 is 1.25 bits per heavy atom. The van der Waals surface area contributed by atoms with Crippen LogP contribution in [0.4, 0.5) is 4.39 Å². The molecule has 0 spiro atoms. The molecule has 2 rings (SSSR count). The first kappa shape index (κ1) is 17.9. The van der Waals surface area contributed by atoms with Crippen LogP contribution in [0.15, 0.2) is 24.3 Å². The number of nitriles is 1. The van der Waals surface area contributed by atoms with Crippen molar-refractivity contribution >= 4 is 11.8 Å². The van der Waals surface area contributed by atoms with E-state index in [4.69, 9.17) is 5.73 Å². The van der Waals surface area contributed by atoms with Crippen molar-refractivity contribution in [3.8, 4) is 6.07 Å². The first-order valence-electron chi connectivity index (χ1n) is 8.20.